The van der Waals surface area contributed by atoms with E-state index in [1.165, 1.54) is 0 Å². The first kappa shape index (κ1) is 14.2. The van der Waals surface area contributed by atoms with Crippen molar-refractivity contribution >= 4 is 11.9 Å². The third kappa shape index (κ3) is 3.20. The quantitative estimate of drug-likeness (QED) is 0.848. The first-order chi connectivity index (χ1) is 9.59. The van der Waals surface area contributed by atoms with Gasteiger partial charge < -0.3 is 19.9 Å². The zero-order valence-electron chi connectivity index (χ0n) is 11.2. The minimum absolute atomic E-state index is 0.287. The van der Waals surface area contributed by atoms with Gasteiger partial charge in [0.1, 0.15) is 13.2 Å². The zero-order chi connectivity index (χ0) is 14.5. The van der Waals surface area contributed by atoms with Gasteiger partial charge in [0.15, 0.2) is 11.5 Å². The molecule has 1 amide bonds. The van der Waals surface area contributed by atoms with Gasteiger partial charge in [-0.15, -0.1) is 0 Å². The standard InChI is InChI=1S/C14H17NO5/c1-9(14(17)18)5-6-15-13(16)10-3-2-4-11-12(10)20-8-7-19-11/h2-4,9H,5-8H2,1H3,(H,15,16)(H,17,18). The number of ether oxygens (including phenoxy) is 2. The fourth-order valence-corrected chi connectivity index (χ4v) is 1.87. The van der Waals surface area contributed by atoms with Gasteiger partial charge in [-0.3, -0.25) is 9.59 Å². The van der Waals surface area contributed by atoms with E-state index in [0.717, 1.165) is 0 Å². The van der Waals surface area contributed by atoms with Crippen molar-refractivity contribution in [2.24, 2.45) is 5.92 Å². The van der Waals surface area contributed by atoms with Crippen LogP contribution in [0.2, 0.25) is 0 Å². The highest BCUT2D eigenvalue weighted by molar-refractivity contribution is 5.97. The Morgan fingerprint density at radius 3 is 2.85 bits per heavy atom. The molecule has 108 valence electrons. The van der Waals surface area contributed by atoms with Crippen LogP contribution in [-0.2, 0) is 4.79 Å². The zero-order valence-corrected chi connectivity index (χ0v) is 11.2. The van der Waals surface area contributed by atoms with E-state index < -0.39 is 11.9 Å². The second kappa shape index (κ2) is 6.27. The van der Waals surface area contributed by atoms with Crippen LogP contribution in [0.15, 0.2) is 18.2 Å². The molecule has 1 aliphatic rings. The highest BCUT2D eigenvalue weighted by Crippen LogP contribution is 2.33. The summed E-state index contributed by atoms with van der Waals surface area (Å²) in [5, 5.41) is 11.5. The largest absolute Gasteiger partial charge is 0.486 e. The lowest BCUT2D eigenvalue weighted by molar-refractivity contribution is -0.141. The maximum atomic E-state index is 12.1. The van der Waals surface area contributed by atoms with E-state index in [4.69, 9.17) is 14.6 Å². The SMILES string of the molecule is CC(CCNC(=O)c1cccc2c1OCCO2)C(=O)O. The molecule has 2 rings (SSSR count). The molecular formula is C14H17NO5. The summed E-state index contributed by atoms with van der Waals surface area (Å²) in [5.74, 6) is -0.636. The number of benzene rings is 1. The molecule has 0 aromatic heterocycles. The lowest BCUT2D eigenvalue weighted by Gasteiger charge is -2.20. The lowest BCUT2D eigenvalue weighted by Crippen LogP contribution is -2.28. The van der Waals surface area contributed by atoms with Gasteiger partial charge in [-0.2, -0.15) is 0 Å². The van der Waals surface area contributed by atoms with Gasteiger partial charge in [-0.1, -0.05) is 13.0 Å². The molecule has 1 aliphatic heterocycles. The van der Waals surface area contributed by atoms with Gasteiger partial charge in [0.25, 0.3) is 5.91 Å². The highest BCUT2D eigenvalue weighted by Gasteiger charge is 2.20. The van der Waals surface area contributed by atoms with Crippen LogP contribution >= 0.6 is 0 Å². The predicted molar refractivity (Wildman–Crippen MR) is 71.2 cm³/mol. The van der Waals surface area contributed by atoms with Gasteiger partial charge >= 0.3 is 5.97 Å². The maximum Gasteiger partial charge on any atom is 0.306 e. The number of para-hydroxylation sites is 1. The van der Waals surface area contributed by atoms with Crippen LogP contribution in [0.3, 0.4) is 0 Å². The normalized spacial score (nSPS) is 14.4. The lowest BCUT2D eigenvalue weighted by atomic mass is 10.1. The number of amides is 1. The minimum atomic E-state index is -0.868. The van der Waals surface area contributed by atoms with Gasteiger partial charge in [0.2, 0.25) is 0 Å². The van der Waals surface area contributed by atoms with Crippen LogP contribution in [0.25, 0.3) is 0 Å². The smallest absolute Gasteiger partial charge is 0.306 e. The molecule has 0 radical (unpaired) electrons. The number of nitrogens with one attached hydrogen (secondary N) is 1. The number of carbonyl (C=O) groups excluding carboxylic acids is 1. The van der Waals surface area contributed by atoms with Crippen LogP contribution in [0, 0.1) is 5.92 Å². The van der Waals surface area contributed by atoms with Crippen molar-refractivity contribution < 1.29 is 24.2 Å². The molecule has 0 aliphatic carbocycles. The van der Waals surface area contributed by atoms with Crippen molar-refractivity contribution in [3.63, 3.8) is 0 Å². The molecule has 6 nitrogen and oxygen atoms in total. The number of hydrogen-bond donors (Lipinski definition) is 2. The molecule has 0 bridgehead atoms. The number of carboxylic acid groups (broad SMARTS) is 1. The molecule has 1 aromatic carbocycles. The maximum absolute atomic E-state index is 12.1. The number of carboxylic acids is 1. The number of carbonyl (C=O) groups is 2. The van der Waals surface area contributed by atoms with E-state index >= 15 is 0 Å². The summed E-state index contributed by atoms with van der Waals surface area (Å²) in [4.78, 5) is 22.8. The summed E-state index contributed by atoms with van der Waals surface area (Å²) < 4.78 is 10.9. The molecule has 0 saturated heterocycles. The Labute approximate surface area is 116 Å². The van der Waals surface area contributed by atoms with Crippen LogP contribution in [-0.4, -0.2) is 36.7 Å². The third-order valence-corrected chi connectivity index (χ3v) is 3.10. The molecule has 6 heteroatoms. The third-order valence-electron chi connectivity index (χ3n) is 3.10. The van der Waals surface area contributed by atoms with E-state index in [9.17, 15) is 9.59 Å². The van der Waals surface area contributed by atoms with Crippen LogP contribution in [0.5, 0.6) is 11.5 Å². The van der Waals surface area contributed by atoms with Crippen molar-refractivity contribution in [3.05, 3.63) is 23.8 Å². The number of rotatable bonds is 5. The molecule has 20 heavy (non-hydrogen) atoms. The molecule has 1 unspecified atom stereocenters. The Morgan fingerprint density at radius 2 is 2.10 bits per heavy atom. The molecule has 1 aromatic rings. The van der Waals surface area contributed by atoms with Crippen molar-refractivity contribution in [3.8, 4) is 11.5 Å². The van der Waals surface area contributed by atoms with Crippen molar-refractivity contribution in [2.75, 3.05) is 19.8 Å². The second-order valence-corrected chi connectivity index (χ2v) is 4.61. The first-order valence-corrected chi connectivity index (χ1v) is 6.49. The monoisotopic (exact) mass is 279 g/mol. The highest BCUT2D eigenvalue weighted by atomic mass is 16.6. The molecule has 0 fully saturated rings. The molecule has 2 N–H and O–H groups in total. The van der Waals surface area contributed by atoms with E-state index in [2.05, 4.69) is 5.32 Å². The molecule has 1 heterocycles. The Morgan fingerprint density at radius 1 is 1.35 bits per heavy atom. The molecule has 0 saturated carbocycles. The average molecular weight is 279 g/mol. The van der Waals surface area contributed by atoms with E-state index in [0.29, 0.717) is 43.2 Å². The summed E-state index contributed by atoms with van der Waals surface area (Å²) >= 11 is 0. The predicted octanol–water partition coefficient (Wildman–Crippen LogP) is 1.30. The minimum Gasteiger partial charge on any atom is -0.486 e. The van der Waals surface area contributed by atoms with Gasteiger partial charge in [-0.05, 0) is 18.6 Å². The van der Waals surface area contributed by atoms with Crippen LogP contribution < -0.4 is 14.8 Å². The van der Waals surface area contributed by atoms with Gasteiger partial charge in [0.05, 0.1) is 11.5 Å². The summed E-state index contributed by atoms with van der Waals surface area (Å²) in [5.41, 5.74) is 0.408. The molecular weight excluding hydrogens is 262 g/mol. The Bertz CT molecular complexity index is 514. The Hall–Kier alpha value is -2.24. The average Bonchev–Trinajstić information content (AvgIpc) is 2.46. The number of fused-ring (bicyclic) bond motifs is 1. The number of hydrogen-bond acceptors (Lipinski definition) is 4. The van der Waals surface area contributed by atoms with Crippen LogP contribution in [0.4, 0.5) is 0 Å². The fraction of sp³-hybridized carbons (Fsp3) is 0.429. The van der Waals surface area contributed by atoms with Crippen LogP contribution in [0.1, 0.15) is 23.7 Å². The Balaban J connectivity index is 1.98. The summed E-state index contributed by atoms with van der Waals surface area (Å²) in [7, 11) is 0. The van der Waals surface area contributed by atoms with E-state index in [-0.39, 0.29) is 5.91 Å². The topological polar surface area (TPSA) is 84.9 Å². The summed E-state index contributed by atoms with van der Waals surface area (Å²) in [6, 6.07) is 5.13. The first-order valence-electron chi connectivity index (χ1n) is 6.49. The number of aliphatic carboxylic acids is 1. The second-order valence-electron chi connectivity index (χ2n) is 4.61. The van der Waals surface area contributed by atoms with Gasteiger partial charge in [0, 0.05) is 6.54 Å². The Kier molecular flexibility index (Phi) is 4.45. The van der Waals surface area contributed by atoms with E-state index in [1.54, 1.807) is 25.1 Å². The summed E-state index contributed by atoms with van der Waals surface area (Å²) in [6.45, 7) is 2.79. The van der Waals surface area contributed by atoms with E-state index in [1.807, 2.05) is 0 Å². The van der Waals surface area contributed by atoms with Gasteiger partial charge in [-0.25, -0.2) is 0 Å². The molecule has 0 spiro atoms. The van der Waals surface area contributed by atoms with Crippen molar-refractivity contribution in [1.29, 1.82) is 0 Å². The fourth-order valence-electron chi connectivity index (χ4n) is 1.87. The van der Waals surface area contributed by atoms with Crippen molar-refractivity contribution in [1.82, 2.24) is 5.32 Å². The summed E-state index contributed by atoms with van der Waals surface area (Å²) in [6.07, 6.45) is 0.382. The van der Waals surface area contributed by atoms with Crippen molar-refractivity contribution in [2.45, 2.75) is 13.3 Å². The molecule has 1 atom stereocenters.